The lowest BCUT2D eigenvalue weighted by atomic mass is 10.2. The van der Waals surface area contributed by atoms with Gasteiger partial charge in [-0.1, -0.05) is 5.21 Å². The third-order valence-corrected chi connectivity index (χ3v) is 3.07. The lowest BCUT2D eigenvalue weighted by Gasteiger charge is -2.05. The summed E-state index contributed by atoms with van der Waals surface area (Å²) in [7, 11) is 0. The molecule has 1 aliphatic carbocycles. The number of nitrogens with zero attached hydrogens (tertiary/aromatic N) is 4. The third-order valence-electron chi connectivity index (χ3n) is 3.07. The quantitative estimate of drug-likeness (QED) is 0.672. The second-order valence-electron chi connectivity index (χ2n) is 4.44. The Morgan fingerprint density at radius 2 is 2.21 bits per heavy atom. The fraction of sp³-hybridized carbons (Fsp3) is 0.273. The van der Waals surface area contributed by atoms with Gasteiger partial charge in [0.2, 0.25) is 5.82 Å². The van der Waals surface area contributed by atoms with Gasteiger partial charge in [-0.15, -0.1) is 5.10 Å². The van der Waals surface area contributed by atoms with Gasteiger partial charge in [-0.2, -0.15) is 4.39 Å². The van der Waals surface area contributed by atoms with Crippen molar-refractivity contribution in [1.82, 2.24) is 15.0 Å². The van der Waals surface area contributed by atoms with Crippen molar-refractivity contribution >= 4 is 11.5 Å². The minimum Gasteiger partial charge on any atom is -0.381 e. The molecule has 1 aromatic carbocycles. The summed E-state index contributed by atoms with van der Waals surface area (Å²) in [6.45, 7) is 0. The molecule has 3 rings (SSSR count). The maximum atomic E-state index is 13.6. The van der Waals surface area contributed by atoms with Gasteiger partial charge in [0.25, 0.3) is 0 Å². The largest absolute Gasteiger partial charge is 0.381 e. The highest BCUT2D eigenvalue weighted by Crippen LogP contribution is 2.42. The highest BCUT2D eigenvalue weighted by atomic mass is 19.1. The molecular formula is C11H10FN5O2. The summed E-state index contributed by atoms with van der Waals surface area (Å²) < 4.78 is 15.1. The Bertz CT molecular complexity index is 665. The molecule has 1 aromatic heterocycles. The van der Waals surface area contributed by atoms with E-state index in [4.69, 9.17) is 5.73 Å². The van der Waals surface area contributed by atoms with Crippen molar-refractivity contribution in [3.8, 4) is 5.69 Å². The van der Waals surface area contributed by atoms with Crippen LogP contribution in [0.2, 0.25) is 0 Å². The summed E-state index contributed by atoms with van der Waals surface area (Å²) in [5, 5.41) is 18.2. The molecule has 98 valence electrons. The maximum Gasteiger partial charge on any atom is 0.304 e. The number of hydrogen-bond donors (Lipinski definition) is 1. The molecule has 0 amide bonds. The third kappa shape index (κ3) is 1.90. The highest BCUT2D eigenvalue weighted by Gasteiger charge is 2.31. The topological polar surface area (TPSA) is 99.9 Å². The highest BCUT2D eigenvalue weighted by molar-refractivity contribution is 5.47. The lowest BCUT2D eigenvalue weighted by Crippen LogP contribution is -2.04. The van der Waals surface area contributed by atoms with E-state index in [1.165, 1.54) is 10.7 Å². The van der Waals surface area contributed by atoms with E-state index in [2.05, 4.69) is 10.3 Å². The zero-order chi connectivity index (χ0) is 13.6. The van der Waals surface area contributed by atoms with E-state index in [1.807, 2.05) is 0 Å². The first-order valence-electron chi connectivity index (χ1n) is 5.73. The van der Waals surface area contributed by atoms with Gasteiger partial charge in [0.15, 0.2) is 5.82 Å². The van der Waals surface area contributed by atoms with Gasteiger partial charge in [-0.05, 0) is 18.9 Å². The number of rotatable bonds is 3. The Morgan fingerprint density at radius 1 is 1.47 bits per heavy atom. The number of aromatic nitrogens is 3. The molecule has 0 saturated heterocycles. The standard InChI is InChI=1S/C11H10FN5O2/c12-8-5-7(3-4-9(8)17(18)19)16-10(6-1-2-6)11(13)14-15-16/h3-6H,1-2,13H2. The van der Waals surface area contributed by atoms with Gasteiger partial charge >= 0.3 is 5.69 Å². The molecule has 0 unspecified atom stereocenters. The summed E-state index contributed by atoms with van der Waals surface area (Å²) in [6.07, 6.45) is 1.99. The number of nitrogen functional groups attached to an aromatic ring is 1. The molecule has 0 radical (unpaired) electrons. The first kappa shape index (κ1) is 11.6. The van der Waals surface area contributed by atoms with Gasteiger partial charge < -0.3 is 5.73 Å². The van der Waals surface area contributed by atoms with Crippen molar-refractivity contribution in [3.05, 3.63) is 39.8 Å². The van der Waals surface area contributed by atoms with Crippen LogP contribution < -0.4 is 5.73 Å². The van der Waals surface area contributed by atoms with E-state index < -0.39 is 16.4 Å². The molecule has 19 heavy (non-hydrogen) atoms. The van der Waals surface area contributed by atoms with E-state index in [0.717, 1.165) is 30.7 Å². The van der Waals surface area contributed by atoms with Crippen molar-refractivity contribution in [2.45, 2.75) is 18.8 Å². The van der Waals surface area contributed by atoms with E-state index in [-0.39, 0.29) is 5.92 Å². The SMILES string of the molecule is Nc1nnn(-c2ccc([N+](=O)[O-])c(F)c2)c1C1CC1. The van der Waals surface area contributed by atoms with Crippen molar-refractivity contribution in [2.75, 3.05) is 5.73 Å². The Morgan fingerprint density at radius 3 is 2.79 bits per heavy atom. The fourth-order valence-corrected chi connectivity index (χ4v) is 2.01. The second-order valence-corrected chi connectivity index (χ2v) is 4.44. The first-order chi connectivity index (χ1) is 9.08. The van der Waals surface area contributed by atoms with Gasteiger partial charge in [-0.25, -0.2) is 4.68 Å². The van der Waals surface area contributed by atoms with E-state index >= 15 is 0 Å². The molecule has 1 fully saturated rings. The number of nitro benzene ring substituents is 1. The minimum atomic E-state index is -0.904. The summed E-state index contributed by atoms with van der Waals surface area (Å²) in [4.78, 5) is 9.80. The molecule has 1 saturated carbocycles. The number of hydrogen-bond acceptors (Lipinski definition) is 5. The summed E-state index contributed by atoms with van der Waals surface area (Å²) in [6, 6.07) is 3.61. The van der Waals surface area contributed by atoms with Crippen molar-refractivity contribution in [1.29, 1.82) is 0 Å². The number of nitrogens with two attached hydrogens (primary N) is 1. The Kier molecular flexibility index (Phi) is 2.44. The zero-order valence-electron chi connectivity index (χ0n) is 9.78. The molecule has 0 bridgehead atoms. The smallest absolute Gasteiger partial charge is 0.304 e. The summed E-state index contributed by atoms with van der Waals surface area (Å²) >= 11 is 0. The predicted octanol–water partition coefficient (Wildman–Crippen LogP) is 1.77. The van der Waals surface area contributed by atoms with Crippen molar-refractivity contribution in [3.63, 3.8) is 0 Å². The van der Waals surface area contributed by atoms with E-state index in [1.54, 1.807) is 0 Å². The van der Waals surface area contributed by atoms with Crippen LogP contribution >= 0.6 is 0 Å². The monoisotopic (exact) mass is 263 g/mol. The van der Waals surface area contributed by atoms with Crippen LogP contribution in [0.5, 0.6) is 0 Å². The molecule has 2 N–H and O–H groups in total. The van der Waals surface area contributed by atoms with Crippen LogP contribution in [0.25, 0.3) is 5.69 Å². The van der Waals surface area contributed by atoms with Crippen LogP contribution in [0.1, 0.15) is 24.5 Å². The molecule has 8 heteroatoms. The van der Waals surface area contributed by atoms with Crippen LogP contribution in [-0.2, 0) is 0 Å². The van der Waals surface area contributed by atoms with Crippen molar-refractivity contribution in [2.24, 2.45) is 0 Å². The van der Waals surface area contributed by atoms with Gasteiger partial charge in [0.05, 0.1) is 16.3 Å². The molecule has 0 atom stereocenters. The van der Waals surface area contributed by atoms with Crippen LogP contribution in [0.15, 0.2) is 18.2 Å². The van der Waals surface area contributed by atoms with Gasteiger partial charge in [0, 0.05) is 18.1 Å². The van der Waals surface area contributed by atoms with Crippen LogP contribution in [-0.4, -0.2) is 19.9 Å². The number of benzene rings is 1. The average Bonchev–Trinajstić information content (AvgIpc) is 3.12. The van der Waals surface area contributed by atoms with Crippen LogP contribution in [0.3, 0.4) is 0 Å². The maximum absolute atomic E-state index is 13.6. The van der Waals surface area contributed by atoms with Gasteiger partial charge in [0.1, 0.15) is 0 Å². The van der Waals surface area contributed by atoms with Crippen LogP contribution in [0.4, 0.5) is 15.9 Å². The fourth-order valence-electron chi connectivity index (χ4n) is 2.01. The summed E-state index contributed by atoms with van der Waals surface area (Å²) in [5.41, 5.74) is 6.30. The van der Waals surface area contributed by atoms with E-state index in [9.17, 15) is 14.5 Å². The number of nitro groups is 1. The molecule has 7 nitrogen and oxygen atoms in total. The normalized spacial score (nSPS) is 14.6. The molecule has 0 aliphatic heterocycles. The number of anilines is 1. The summed E-state index contributed by atoms with van der Waals surface area (Å²) in [5.74, 6) is -0.298. The molecule has 1 heterocycles. The van der Waals surface area contributed by atoms with E-state index in [0.29, 0.717) is 11.5 Å². The Balaban J connectivity index is 2.07. The Labute approximate surface area is 107 Å². The predicted molar refractivity (Wildman–Crippen MR) is 64.4 cm³/mol. The first-order valence-corrected chi connectivity index (χ1v) is 5.73. The molecule has 0 spiro atoms. The lowest BCUT2D eigenvalue weighted by molar-refractivity contribution is -0.387. The minimum absolute atomic E-state index is 0.285. The zero-order valence-corrected chi connectivity index (χ0v) is 9.78. The second kappa shape index (κ2) is 4.01. The molecule has 2 aromatic rings. The Hall–Kier alpha value is -2.51. The molecular weight excluding hydrogens is 253 g/mol. The average molecular weight is 263 g/mol. The number of halogens is 1. The molecule has 1 aliphatic rings. The van der Waals surface area contributed by atoms with Crippen molar-refractivity contribution < 1.29 is 9.31 Å². The van der Waals surface area contributed by atoms with Crippen LogP contribution in [0, 0.1) is 15.9 Å². The van der Waals surface area contributed by atoms with Gasteiger partial charge in [-0.3, -0.25) is 10.1 Å².